The molecule has 2 atom stereocenters. The average molecular weight is 325 g/mol. The standard InChI is InChI=1S/C14H17BrN2O2/c15-11-5-1-3-9-7-12(19-14(9)11)13(17-16)10-4-2-6-18-8-10/h1,3,5,7,10,13,17H,2,4,6,8,16H2. The Morgan fingerprint density at radius 3 is 3.00 bits per heavy atom. The third-order valence-electron chi connectivity index (χ3n) is 3.67. The molecule has 0 saturated carbocycles. The molecule has 0 spiro atoms. The number of para-hydroxylation sites is 1. The zero-order valence-corrected chi connectivity index (χ0v) is 12.2. The quantitative estimate of drug-likeness (QED) is 0.672. The molecule has 3 rings (SSSR count). The van der Waals surface area contributed by atoms with Gasteiger partial charge < -0.3 is 9.15 Å². The van der Waals surface area contributed by atoms with E-state index in [9.17, 15) is 0 Å². The first kappa shape index (κ1) is 13.1. The molecule has 0 bridgehead atoms. The van der Waals surface area contributed by atoms with Crippen LogP contribution < -0.4 is 11.3 Å². The van der Waals surface area contributed by atoms with Gasteiger partial charge in [-0.25, -0.2) is 5.43 Å². The lowest BCUT2D eigenvalue weighted by atomic mass is 9.92. The van der Waals surface area contributed by atoms with Crippen molar-refractivity contribution in [3.8, 4) is 0 Å². The van der Waals surface area contributed by atoms with E-state index >= 15 is 0 Å². The molecule has 1 aromatic heterocycles. The minimum atomic E-state index is -0.000370. The summed E-state index contributed by atoms with van der Waals surface area (Å²) in [5.41, 5.74) is 3.75. The Morgan fingerprint density at radius 1 is 1.42 bits per heavy atom. The van der Waals surface area contributed by atoms with Gasteiger partial charge in [-0.15, -0.1) is 0 Å². The number of hydrogen-bond donors (Lipinski definition) is 2. The van der Waals surface area contributed by atoms with E-state index in [1.165, 1.54) is 0 Å². The molecule has 0 radical (unpaired) electrons. The van der Waals surface area contributed by atoms with Gasteiger partial charge in [-0.2, -0.15) is 0 Å². The smallest absolute Gasteiger partial charge is 0.148 e. The predicted molar refractivity (Wildman–Crippen MR) is 77.5 cm³/mol. The molecule has 1 aromatic carbocycles. The van der Waals surface area contributed by atoms with Crippen molar-refractivity contribution in [1.82, 2.24) is 5.43 Å². The van der Waals surface area contributed by atoms with Crippen molar-refractivity contribution in [2.75, 3.05) is 13.2 Å². The van der Waals surface area contributed by atoms with Crippen LogP contribution in [0, 0.1) is 5.92 Å². The molecule has 2 unspecified atom stereocenters. The number of benzene rings is 1. The van der Waals surface area contributed by atoms with Crippen LogP contribution in [0.25, 0.3) is 11.0 Å². The van der Waals surface area contributed by atoms with Gasteiger partial charge in [-0.3, -0.25) is 5.84 Å². The van der Waals surface area contributed by atoms with Crippen LogP contribution in [0.2, 0.25) is 0 Å². The number of fused-ring (bicyclic) bond motifs is 1. The fourth-order valence-corrected chi connectivity index (χ4v) is 3.14. The molecule has 2 aromatic rings. The lowest BCUT2D eigenvalue weighted by Crippen LogP contribution is -2.37. The van der Waals surface area contributed by atoms with Crippen LogP contribution in [0.4, 0.5) is 0 Å². The normalized spacial score (nSPS) is 21.7. The Kier molecular flexibility index (Phi) is 3.88. The van der Waals surface area contributed by atoms with Crippen LogP contribution in [0.15, 0.2) is 33.2 Å². The monoisotopic (exact) mass is 324 g/mol. The number of nitrogens with two attached hydrogens (primary N) is 1. The van der Waals surface area contributed by atoms with Crippen LogP contribution in [-0.4, -0.2) is 13.2 Å². The Balaban J connectivity index is 1.94. The Morgan fingerprint density at radius 2 is 2.32 bits per heavy atom. The SMILES string of the molecule is NNC(c1cc2cccc(Br)c2o1)C1CCCOC1. The summed E-state index contributed by atoms with van der Waals surface area (Å²) in [5.74, 6) is 6.95. The number of furan rings is 1. The van der Waals surface area contributed by atoms with Crippen LogP contribution in [0.5, 0.6) is 0 Å². The van der Waals surface area contributed by atoms with Crippen LogP contribution in [0.1, 0.15) is 24.6 Å². The fraction of sp³-hybridized carbons (Fsp3) is 0.429. The van der Waals surface area contributed by atoms with Crippen LogP contribution in [0.3, 0.4) is 0 Å². The lowest BCUT2D eigenvalue weighted by Gasteiger charge is -2.28. The summed E-state index contributed by atoms with van der Waals surface area (Å²) in [6.07, 6.45) is 2.18. The van der Waals surface area contributed by atoms with Crippen LogP contribution in [-0.2, 0) is 4.74 Å². The molecule has 1 saturated heterocycles. The van der Waals surface area contributed by atoms with Crippen molar-refractivity contribution in [2.24, 2.45) is 11.8 Å². The molecule has 2 heterocycles. The van der Waals surface area contributed by atoms with Crippen molar-refractivity contribution in [3.63, 3.8) is 0 Å². The highest BCUT2D eigenvalue weighted by molar-refractivity contribution is 9.10. The number of hydrogen-bond acceptors (Lipinski definition) is 4. The van der Waals surface area contributed by atoms with Crippen molar-refractivity contribution in [1.29, 1.82) is 0 Å². The number of rotatable bonds is 3. The molecule has 3 N–H and O–H groups in total. The highest BCUT2D eigenvalue weighted by Crippen LogP contribution is 2.34. The maximum absolute atomic E-state index is 5.96. The van der Waals surface area contributed by atoms with Gasteiger partial charge in [-0.1, -0.05) is 12.1 Å². The van der Waals surface area contributed by atoms with E-state index in [0.29, 0.717) is 5.92 Å². The van der Waals surface area contributed by atoms with E-state index in [0.717, 1.165) is 47.3 Å². The molecule has 19 heavy (non-hydrogen) atoms. The number of hydrazine groups is 1. The largest absolute Gasteiger partial charge is 0.458 e. The molecular formula is C14H17BrN2O2. The Labute approximate surface area is 120 Å². The highest BCUT2D eigenvalue weighted by Gasteiger charge is 2.27. The van der Waals surface area contributed by atoms with Gasteiger partial charge in [-0.05, 0) is 40.9 Å². The summed E-state index contributed by atoms with van der Waals surface area (Å²) in [7, 11) is 0. The van der Waals surface area contributed by atoms with E-state index in [-0.39, 0.29) is 6.04 Å². The summed E-state index contributed by atoms with van der Waals surface area (Å²) < 4.78 is 12.5. The van der Waals surface area contributed by atoms with Crippen molar-refractivity contribution < 1.29 is 9.15 Å². The van der Waals surface area contributed by atoms with E-state index < -0.39 is 0 Å². The van der Waals surface area contributed by atoms with E-state index in [1.807, 2.05) is 18.2 Å². The summed E-state index contributed by atoms with van der Waals surface area (Å²) >= 11 is 3.51. The predicted octanol–water partition coefficient (Wildman–Crippen LogP) is 3.13. The first-order valence-corrected chi connectivity index (χ1v) is 7.30. The zero-order valence-electron chi connectivity index (χ0n) is 10.6. The number of nitrogens with one attached hydrogen (secondary N) is 1. The third-order valence-corrected chi connectivity index (χ3v) is 4.29. The molecule has 5 heteroatoms. The van der Waals surface area contributed by atoms with Crippen molar-refractivity contribution in [2.45, 2.75) is 18.9 Å². The van der Waals surface area contributed by atoms with E-state index in [4.69, 9.17) is 15.0 Å². The first-order chi connectivity index (χ1) is 9.29. The lowest BCUT2D eigenvalue weighted by molar-refractivity contribution is 0.0358. The fourth-order valence-electron chi connectivity index (χ4n) is 2.68. The number of halogens is 1. The van der Waals surface area contributed by atoms with Gasteiger partial charge in [0.2, 0.25) is 0 Å². The molecule has 4 nitrogen and oxygen atoms in total. The maximum Gasteiger partial charge on any atom is 0.148 e. The second kappa shape index (κ2) is 5.63. The van der Waals surface area contributed by atoms with Gasteiger partial charge in [0.1, 0.15) is 11.3 Å². The molecule has 1 aliphatic heterocycles. The van der Waals surface area contributed by atoms with Crippen molar-refractivity contribution in [3.05, 3.63) is 34.5 Å². The molecule has 1 fully saturated rings. The Bertz CT molecular complexity index is 564. The second-order valence-electron chi connectivity index (χ2n) is 4.93. The van der Waals surface area contributed by atoms with Gasteiger partial charge in [0.05, 0.1) is 17.1 Å². The molecule has 102 valence electrons. The van der Waals surface area contributed by atoms with Gasteiger partial charge >= 0.3 is 0 Å². The molecule has 0 aliphatic carbocycles. The van der Waals surface area contributed by atoms with Gasteiger partial charge in [0.25, 0.3) is 0 Å². The molecular weight excluding hydrogens is 308 g/mol. The van der Waals surface area contributed by atoms with E-state index in [2.05, 4.69) is 27.4 Å². The van der Waals surface area contributed by atoms with E-state index in [1.54, 1.807) is 0 Å². The maximum atomic E-state index is 5.96. The third kappa shape index (κ3) is 2.56. The zero-order chi connectivity index (χ0) is 13.2. The summed E-state index contributed by atoms with van der Waals surface area (Å²) in [4.78, 5) is 0. The minimum absolute atomic E-state index is 0.000370. The summed E-state index contributed by atoms with van der Waals surface area (Å²) in [6, 6.07) is 8.07. The summed E-state index contributed by atoms with van der Waals surface area (Å²) in [6.45, 7) is 1.58. The second-order valence-corrected chi connectivity index (χ2v) is 5.78. The average Bonchev–Trinajstić information content (AvgIpc) is 2.86. The molecule has 1 aliphatic rings. The first-order valence-electron chi connectivity index (χ1n) is 6.51. The van der Waals surface area contributed by atoms with Crippen LogP contribution >= 0.6 is 15.9 Å². The Hall–Kier alpha value is -0.880. The number of ether oxygens (including phenoxy) is 1. The van der Waals surface area contributed by atoms with Gasteiger partial charge in [0, 0.05) is 17.9 Å². The topological polar surface area (TPSA) is 60.4 Å². The highest BCUT2D eigenvalue weighted by atomic mass is 79.9. The summed E-state index contributed by atoms with van der Waals surface area (Å²) in [5, 5.41) is 1.08. The minimum Gasteiger partial charge on any atom is -0.458 e. The van der Waals surface area contributed by atoms with Crippen molar-refractivity contribution >= 4 is 26.9 Å². The molecule has 0 amide bonds. The van der Waals surface area contributed by atoms with Gasteiger partial charge in [0.15, 0.2) is 0 Å².